The highest BCUT2D eigenvalue weighted by molar-refractivity contribution is 5.78. The van der Waals surface area contributed by atoms with Gasteiger partial charge in [-0.3, -0.25) is 4.57 Å². The van der Waals surface area contributed by atoms with E-state index in [1.807, 2.05) is 41.4 Å². The van der Waals surface area contributed by atoms with Gasteiger partial charge >= 0.3 is 6.03 Å². The molecule has 2 aliphatic rings. The highest BCUT2D eigenvalue weighted by Crippen LogP contribution is 2.36. The smallest absolute Gasteiger partial charge is 0.324 e. The van der Waals surface area contributed by atoms with Crippen LogP contribution in [0.2, 0.25) is 0 Å². The summed E-state index contributed by atoms with van der Waals surface area (Å²) in [7, 11) is 0. The Morgan fingerprint density at radius 2 is 1.83 bits per heavy atom. The first-order valence-electron chi connectivity index (χ1n) is 8.70. The van der Waals surface area contributed by atoms with Gasteiger partial charge in [-0.05, 0) is 24.7 Å². The summed E-state index contributed by atoms with van der Waals surface area (Å²) in [6.45, 7) is 1.81. The number of nitrogens with zero attached hydrogens (tertiary/aromatic N) is 3. The molecule has 1 aromatic carbocycles. The van der Waals surface area contributed by atoms with Crippen LogP contribution in [-0.2, 0) is 0 Å². The fourth-order valence-corrected chi connectivity index (χ4v) is 4.12. The molecule has 1 aliphatic carbocycles. The summed E-state index contributed by atoms with van der Waals surface area (Å²) < 4.78 is 1.64. The van der Waals surface area contributed by atoms with Crippen LogP contribution in [0.1, 0.15) is 32.1 Å². The maximum Gasteiger partial charge on any atom is 0.329 e. The molecule has 0 N–H and O–H groups in total. The second-order valence-electron chi connectivity index (χ2n) is 6.85. The van der Waals surface area contributed by atoms with Crippen molar-refractivity contribution in [3.05, 3.63) is 42.9 Å². The molecule has 120 valence electrons. The van der Waals surface area contributed by atoms with Crippen molar-refractivity contribution in [3.63, 3.8) is 0 Å². The molecule has 2 unspecified atom stereocenters. The molecule has 1 aromatic heterocycles. The topological polar surface area (TPSA) is 38.1 Å². The van der Waals surface area contributed by atoms with Crippen LogP contribution in [0, 0.1) is 11.8 Å². The Hall–Kier alpha value is -2.10. The first-order valence-corrected chi connectivity index (χ1v) is 8.70. The van der Waals surface area contributed by atoms with Crippen LogP contribution >= 0.6 is 0 Å². The Balaban J connectivity index is 1.48. The average molecular weight is 309 g/mol. The summed E-state index contributed by atoms with van der Waals surface area (Å²) in [5.41, 5.74) is 1.90. The average Bonchev–Trinajstić information content (AvgIpc) is 3.11. The predicted molar refractivity (Wildman–Crippen MR) is 90.1 cm³/mol. The van der Waals surface area contributed by atoms with Crippen LogP contribution in [0.4, 0.5) is 4.79 Å². The maximum atomic E-state index is 12.8. The maximum absolute atomic E-state index is 12.8. The molecule has 0 radical (unpaired) electrons. The molecule has 4 rings (SSSR count). The number of likely N-dealkylation sites (tertiary alicyclic amines) is 1. The van der Waals surface area contributed by atoms with Crippen molar-refractivity contribution >= 4 is 6.03 Å². The Morgan fingerprint density at radius 3 is 2.65 bits per heavy atom. The van der Waals surface area contributed by atoms with E-state index in [2.05, 4.69) is 4.98 Å². The van der Waals surface area contributed by atoms with Gasteiger partial charge in [0.15, 0.2) is 0 Å². The third-order valence-corrected chi connectivity index (χ3v) is 5.43. The van der Waals surface area contributed by atoms with Crippen LogP contribution < -0.4 is 0 Å². The SMILES string of the molecule is O=C(N1CCC2CCCCC2C1)n1cnc(-c2ccccc2)c1. The largest absolute Gasteiger partial charge is 0.329 e. The summed E-state index contributed by atoms with van der Waals surface area (Å²) in [6, 6.07) is 10.1. The van der Waals surface area contributed by atoms with Crippen molar-refractivity contribution in [1.82, 2.24) is 14.5 Å². The number of fused-ring (bicyclic) bond motifs is 1. The van der Waals surface area contributed by atoms with Crippen molar-refractivity contribution in [2.75, 3.05) is 13.1 Å². The molecule has 0 spiro atoms. The van der Waals surface area contributed by atoms with Crippen molar-refractivity contribution in [2.45, 2.75) is 32.1 Å². The Morgan fingerprint density at radius 1 is 1.04 bits per heavy atom. The summed E-state index contributed by atoms with van der Waals surface area (Å²) >= 11 is 0. The normalized spacial score (nSPS) is 24.3. The van der Waals surface area contributed by atoms with E-state index in [1.165, 1.54) is 25.7 Å². The second kappa shape index (κ2) is 6.19. The third kappa shape index (κ3) is 2.90. The molecule has 1 saturated carbocycles. The van der Waals surface area contributed by atoms with Crippen LogP contribution in [0.15, 0.2) is 42.9 Å². The summed E-state index contributed by atoms with van der Waals surface area (Å²) in [5.74, 6) is 1.55. The number of benzene rings is 1. The molecule has 1 amide bonds. The van der Waals surface area contributed by atoms with Gasteiger partial charge in [-0.1, -0.05) is 49.6 Å². The third-order valence-electron chi connectivity index (χ3n) is 5.43. The lowest BCUT2D eigenvalue weighted by molar-refractivity contribution is 0.103. The molecule has 4 heteroatoms. The van der Waals surface area contributed by atoms with Crippen LogP contribution in [0.3, 0.4) is 0 Å². The van der Waals surface area contributed by atoms with Gasteiger partial charge < -0.3 is 4.90 Å². The number of rotatable bonds is 1. The number of piperidine rings is 1. The number of hydrogen-bond donors (Lipinski definition) is 0. The van der Waals surface area contributed by atoms with Crippen molar-refractivity contribution < 1.29 is 4.79 Å². The van der Waals surface area contributed by atoms with Gasteiger partial charge in [0.2, 0.25) is 0 Å². The highest BCUT2D eigenvalue weighted by Gasteiger charge is 2.33. The highest BCUT2D eigenvalue weighted by atomic mass is 16.2. The molecule has 23 heavy (non-hydrogen) atoms. The standard InChI is InChI=1S/C19H23N3O/c23-19(21-11-10-15-6-4-5-9-17(15)12-21)22-13-18(20-14-22)16-7-2-1-3-8-16/h1-3,7-8,13-15,17H,4-6,9-12H2. The number of carbonyl (C=O) groups excluding carboxylic acids is 1. The fourth-order valence-electron chi connectivity index (χ4n) is 4.12. The lowest BCUT2D eigenvalue weighted by Gasteiger charge is -2.41. The molecular formula is C19H23N3O. The molecule has 1 saturated heterocycles. The molecule has 2 fully saturated rings. The van der Waals surface area contributed by atoms with E-state index in [1.54, 1.807) is 10.9 Å². The van der Waals surface area contributed by atoms with E-state index in [0.29, 0.717) is 5.92 Å². The van der Waals surface area contributed by atoms with Crippen molar-refractivity contribution in [3.8, 4) is 11.3 Å². The van der Waals surface area contributed by atoms with Crippen molar-refractivity contribution in [1.29, 1.82) is 0 Å². The zero-order chi connectivity index (χ0) is 15.6. The first kappa shape index (κ1) is 14.5. The monoisotopic (exact) mass is 309 g/mol. The van der Waals surface area contributed by atoms with Gasteiger partial charge in [0, 0.05) is 24.8 Å². The fraction of sp³-hybridized carbons (Fsp3) is 0.474. The second-order valence-corrected chi connectivity index (χ2v) is 6.85. The molecular weight excluding hydrogens is 286 g/mol. The van der Waals surface area contributed by atoms with Gasteiger partial charge in [0.1, 0.15) is 6.33 Å². The van der Waals surface area contributed by atoms with Gasteiger partial charge in [0.05, 0.1) is 5.69 Å². The lowest BCUT2D eigenvalue weighted by atomic mass is 9.75. The van der Waals surface area contributed by atoms with Crippen LogP contribution in [0.25, 0.3) is 11.3 Å². The van der Waals surface area contributed by atoms with Gasteiger partial charge in [-0.25, -0.2) is 9.78 Å². The quantitative estimate of drug-likeness (QED) is 0.797. The minimum atomic E-state index is 0.0729. The van der Waals surface area contributed by atoms with Crippen molar-refractivity contribution in [2.24, 2.45) is 11.8 Å². The first-order chi connectivity index (χ1) is 11.3. The van der Waals surface area contributed by atoms with Gasteiger partial charge in [0.25, 0.3) is 0 Å². The number of aromatic nitrogens is 2. The van der Waals surface area contributed by atoms with Crippen LogP contribution in [0.5, 0.6) is 0 Å². The molecule has 2 heterocycles. The van der Waals surface area contributed by atoms with E-state index in [0.717, 1.165) is 36.7 Å². The van der Waals surface area contributed by atoms with E-state index in [9.17, 15) is 4.79 Å². The molecule has 0 bridgehead atoms. The number of imidazole rings is 1. The Bertz CT molecular complexity index is 679. The summed E-state index contributed by atoms with van der Waals surface area (Å²) in [6.07, 6.45) is 10.0. The Labute approximate surface area is 137 Å². The van der Waals surface area contributed by atoms with Gasteiger partial charge in [-0.2, -0.15) is 0 Å². The minimum Gasteiger partial charge on any atom is -0.324 e. The van der Waals surface area contributed by atoms with E-state index < -0.39 is 0 Å². The van der Waals surface area contributed by atoms with E-state index >= 15 is 0 Å². The Kier molecular flexibility index (Phi) is 3.90. The lowest BCUT2D eigenvalue weighted by Crippen LogP contribution is -2.46. The number of carbonyl (C=O) groups is 1. The molecule has 2 atom stereocenters. The zero-order valence-electron chi connectivity index (χ0n) is 13.4. The van der Waals surface area contributed by atoms with E-state index in [-0.39, 0.29) is 6.03 Å². The number of amides is 1. The minimum absolute atomic E-state index is 0.0729. The number of hydrogen-bond acceptors (Lipinski definition) is 2. The summed E-state index contributed by atoms with van der Waals surface area (Å²) in [4.78, 5) is 19.2. The summed E-state index contributed by atoms with van der Waals surface area (Å²) in [5, 5.41) is 0. The molecule has 4 nitrogen and oxygen atoms in total. The predicted octanol–water partition coefficient (Wildman–Crippen LogP) is 4.03. The zero-order valence-corrected chi connectivity index (χ0v) is 13.4. The van der Waals surface area contributed by atoms with E-state index in [4.69, 9.17) is 0 Å². The molecule has 1 aliphatic heterocycles. The van der Waals surface area contributed by atoms with Gasteiger partial charge in [-0.15, -0.1) is 0 Å². The molecule has 2 aromatic rings. The van der Waals surface area contributed by atoms with Crippen LogP contribution in [-0.4, -0.2) is 33.6 Å².